The van der Waals surface area contributed by atoms with Gasteiger partial charge in [0.15, 0.2) is 23.2 Å². The molecule has 11 heteroatoms. The fraction of sp³-hybridized carbons (Fsp3) is 0.389. The molecule has 1 unspecified atom stereocenters. The number of fused-ring (bicyclic) bond motifs is 1. The Bertz CT molecular complexity index is 1010. The van der Waals surface area contributed by atoms with E-state index in [2.05, 4.69) is 20.3 Å². The molecule has 1 fully saturated rings. The number of phenols is 1. The normalized spacial score (nSPS) is 24.2. The van der Waals surface area contributed by atoms with E-state index in [4.69, 9.17) is 10.5 Å². The first-order valence-electron chi connectivity index (χ1n) is 9.12. The van der Waals surface area contributed by atoms with Crippen molar-refractivity contribution in [1.29, 1.82) is 0 Å². The Morgan fingerprint density at radius 2 is 2.03 bits per heavy atom. The van der Waals surface area contributed by atoms with Gasteiger partial charge in [0.25, 0.3) is 0 Å². The summed E-state index contributed by atoms with van der Waals surface area (Å²) in [7, 11) is 0. The first-order chi connectivity index (χ1) is 14.0. The van der Waals surface area contributed by atoms with Crippen LogP contribution < -0.4 is 11.1 Å². The molecule has 7 N–H and O–H groups in total. The predicted molar refractivity (Wildman–Crippen MR) is 103 cm³/mol. The summed E-state index contributed by atoms with van der Waals surface area (Å²) in [5, 5.41) is 42.3. The maximum atomic E-state index is 10.3. The zero-order valence-corrected chi connectivity index (χ0v) is 15.4. The van der Waals surface area contributed by atoms with Crippen LogP contribution in [0.5, 0.6) is 5.75 Å². The Labute approximate surface area is 165 Å². The lowest BCUT2D eigenvalue weighted by molar-refractivity contribution is -0.0511. The van der Waals surface area contributed by atoms with Crippen molar-refractivity contribution in [1.82, 2.24) is 19.5 Å². The molecule has 1 saturated heterocycles. The van der Waals surface area contributed by atoms with Crippen LogP contribution in [-0.4, -0.2) is 71.4 Å². The number of phenolic OH excluding ortho intramolecular Hbond substituents is 1. The van der Waals surface area contributed by atoms with Gasteiger partial charge in [-0.2, -0.15) is 9.97 Å². The Kier molecular flexibility index (Phi) is 5.20. The van der Waals surface area contributed by atoms with Gasteiger partial charge in [0.1, 0.15) is 24.1 Å². The molecule has 1 aromatic carbocycles. The molecule has 4 rings (SSSR count). The highest BCUT2D eigenvalue weighted by Gasteiger charge is 2.44. The number of nitrogens with one attached hydrogen (secondary N) is 1. The van der Waals surface area contributed by atoms with E-state index >= 15 is 0 Å². The Morgan fingerprint density at radius 1 is 1.21 bits per heavy atom. The van der Waals surface area contributed by atoms with Gasteiger partial charge in [-0.25, -0.2) is 4.98 Å². The van der Waals surface area contributed by atoms with E-state index in [0.29, 0.717) is 29.9 Å². The molecule has 0 saturated carbocycles. The molecule has 2 aromatic heterocycles. The summed E-state index contributed by atoms with van der Waals surface area (Å²) in [6.07, 6.45) is -2.33. The van der Waals surface area contributed by atoms with Crippen LogP contribution in [0.3, 0.4) is 0 Å². The number of aliphatic hydroxyl groups excluding tert-OH is 3. The fourth-order valence-electron chi connectivity index (χ4n) is 3.39. The van der Waals surface area contributed by atoms with Gasteiger partial charge in [-0.3, -0.25) is 4.57 Å². The highest BCUT2D eigenvalue weighted by Crippen LogP contribution is 2.32. The fourth-order valence-corrected chi connectivity index (χ4v) is 3.39. The molecule has 0 spiro atoms. The van der Waals surface area contributed by atoms with Crippen LogP contribution >= 0.6 is 0 Å². The lowest BCUT2D eigenvalue weighted by Crippen LogP contribution is -2.33. The molecule has 29 heavy (non-hydrogen) atoms. The second-order valence-electron chi connectivity index (χ2n) is 6.83. The van der Waals surface area contributed by atoms with E-state index < -0.39 is 31.1 Å². The predicted octanol–water partition coefficient (Wildman–Crippen LogP) is -0.620. The van der Waals surface area contributed by atoms with Crippen LogP contribution in [0.15, 0.2) is 30.6 Å². The Balaban J connectivity index is 1.57. The second kappa shape index (κ2) is 7.79. The average Bonchev–Trinajstić information content (AvgIpc) is 3.23. The minimum atomic E-state index is -1.26. The van der Waals surface area contributed by atoms with Gasteiger partial charge in [0.05, 0.1) is 12.9 Å². The van der Waals surface area contributed by atoms with Gasteiger partial charge in [0.2, 0.25) is 5.95 Å². The summed E-state index contributed by atoms with van der Waals surface area (Å²) in [4.78, 5) is 12.7. The molecule has 3 heterocycles. The molecule has 11 nitrogen and oxygen atoms in total. The number of aromatic nitrogens is 4. The molecular weight excluding hydrogens is 380 g/mol. The first-order valence-corrected chi connectivity index (χ1v) is 9.12. The van der Waals surface area contributed by atoms with Crippen LogP contribution in [0.1, 0.15) is 11.8 Å². The number of ether oxygens (including phenoxy) is 1. The van der Waals surface area contributed by atoms with Gasteiger partial charge in [0, 0.05) is 6.54 Å². The Morgan fingerprint density at radius 3 is 2.76 bits per heavy atom. The number of hydrogen-bond acceptors (Lipinski definition) is 10. The lowest BCUT2D eigenvalue weighted by Gasteiger charge is -2.16. The smallest absolute Gasteiger partial charge is 0.224 e. The number of imidazole rings is 1. The van der Waals surface area contributed by atoms with Crippen molar-refractivity contribution in [3.63, 3.8) is 0 Å². The van der Waals surface area contributed by atoms with Gasteiger partial charge >= 0.3 is 0 Å². The lowest BCUT2D eigenvalue weighted by atomic mass is 10.1. The van der Waals surface area contributed by atoms with Crippen molar-refractivity contribution in [2.45, 2.75) is 31.0 Å². The van der Waals surface area contributed by atoms with Crippen molar-refractivity contribution in [2.24, 2.45) is 0 Å². The third kappa shape index (κ3) is 3.68. The van der Waals surface area contributed by atoms with Gasteiger partial charge in [-0.15, -0.1) is 0 Å². The SMILES string of the molecule is Nc1nc(NCCc2cccc(O)c2)c2ncn(C3O[C@H](CO)[C@@H](O)[C@H]3O)c2n1. The molecule has 1 aliphatic heterocycles. The number of aromatic hydroxyl groups is 1. The highest BCUT2D eigenvalue weighted by molar-refractivity contribution is 5.84. The number of nitrogens with zero attached hydrogens (tertiary/aromatic N) is 4. The Hall–Kier alpha value is -2.99. The minimum Gasteiger partial charge on any atom is -0.508 e. The topological polar surface area (TPSA) is 172 Å². The first kappa shape index (κ1) is 19.3. The van der Waals surface area contributed by atoms with Crippen LogP contribution in [0.25, 0.3) is 11.2 Å². The highest BCUT2D eigenvalue weighted by atomic mass is 16.6. The molecule has 0 bridgehead atoms. The number of anilines is 2. The van der Waals surface area contributed by atoms with E-state index in [1.165, 1.54) is 10.9 Å². The molecule has 1 aliphatic rings. The molecular formula is C18H22N6O5. The van der Waals surface area contributed by atoms with Crippen LogP contribution in [-0.2, 0) is 11.2 Å². The number of hydrogen-bond donors (Lipinski definition) is 6. The van der Waals surface area contributed by atoms with E-state index in [0.717, 1.165) is 5.56 Å². The monoisotopic (exact) mass is 402 g/mol. The molecule has 0 amide bonds. The van der Waals surface area contributed by atoms with E-state index in [1.807, 2.05) is 6.07 Å². The van der Waals surface area contributed by atoms with Gasteiger partial charge < -0.3 is 36.2 Å². The number of nitrogen functional groups attached to an aromatic ring is 1. The third-order valence-electron chi connectivity index (χ3n) is 4.85. The minimum absolute atomic E-state index is 0.00542. The zero-order chi connectivity index (χ0) is 20.5. The van der Waals surface area contributed by atoms with E-state index in [1.54, 1.807) is 18.2 Å². The standard InChI is InChI=1S/C18H22N6O5/c19-18-22-15(20-5-4-9-2-1-3-10(26)6-9)12-16(23-18)24(8-21-12)17-14(28)13(27)11(7-25)29-17/h1-3,6,8,11,13-14,17,25-28H,4-5,7H2,(H3,19,20,22,23)/t11-,13-,14-,17?/m1/s1. The zero-order valence-electron chi connectivity index (χ0n) is 15.4. The van der Waals surface area contributed by atoms with E-state index in [9.17, 15) is 20.4 Å². The van der Waals surface area contributed by atoms with Gasteiger partial charge in [-0.05, 0) is 24.1 Å². The third-order valence-corrected chi connectivity index (χ3v) is 4.85. The quantitative estimate of drug-likeness (QED) is 0.312. The molecule has 0 aliphatic carbocycles. The van der Waals surface area contributed by atoms with Crippen molar-refractivity contribution >= 4 is 22.9 Å². The summed E-state index contributed by atoms with van der Waals surface area (Å²) in [5.74, 6) is 0.623. The molecule has 3 aromatic rings. The van der Waals surface area contributed by atoms with Crippen LogP contribution in [0.4, 0.5) is 11.8 Å². The molecule has 4 atom stereocenters. The summed E-state index contributed by atoms with van der Waals surface area (Å²) in [6, 6.07) is 6.97. The van der Waals surface area contributed by atoms with Crippen molar-refractivity contribution < 1.29 is 25.2 Å². The maximum absolute atomic E-state index is 10.3. The summed E-state index contributed by atoms with van der Waals surface area (Å²) in [5.41, 5.74) is 7.54. The number of rotatable bonds is 6. The maximum Gasteiger partial charge on any atom is 0.224 e. The van der Waals surface area contributed by atoms with Crippen molar-refractivity contribution in [3.05, 3.63) is 36.2 Å². The second-order valence-corrected chi connectivity index (χ2v) is 6.83. The van der Waals surface area contributed by atoms with Crippen LogP contribution in [0, 0.1) is 0 Å². The number of benzene rings is 1. The van der Waals surface area contributed by atoms with Crippen molar-refractivity contribution in [3.8, 4) is 5.75 Å². The molecule has 0 radical (unpaired) electrons. The largest absolute Gasteiger partial charge is 0.508 e. The van der Waals surface area contributed by atoms with Gasteiger partial charge in [-0.1, -0.05) is 12.1 Å². The number of nitrogens with two attached hydrogens (primary N) is 1. The van der Waals surface area contributed by atoms with Crippen molar-refractivity contribution in [2.75, 3.05) is 24.2 Å². The average molecular weight is 402 g/mol. The molecule has 154 valence electrons. The summed E-state index contributed by atoms with van der Waals surface area (Å²) < 4.78 is 7.00. The van der Waals surface area contributed by atoms with E-state index in [-0.39, 0.29) is 11.7 Å². The summed E-state index contributed by atoms with van der Waals surface area (Å²) in [6.45, 7) is 0.0794. The summed E-state index contributed by atoms with van der Waals surface area (Å²) >= 11 is 0. The number of aliphatic hydroxyl groups is 3. The van der Waals surface area contributed by atoms with Crippen LogP contribution in [0.2, 0.25) is 0 Å².